The Morgan fingerprint density at radius 3 is 2.33 bits per heavy atom. The van der Waals surface area contributed by atoms with Gasteiger partial charge in [0.2, 0.25) is 10.0 Å². The van der Waals surface area contributed by atoms with E-state index in [1.807, 2.05) is 6.92 Å². The minimum atomic E-state index is -3.50. The van der Waals surface area contributed by atoms with E-state index in [0.717, 1.165) is 5.56 Å². The molecule has 2 rings (SSSR count). The maximum atomic E-state index is 12.3. The molecule has 7 heteroatoms. The van der Waals surface area contributed by atoms with Gasteiger partial charge in [0.1, 0.15) is 5.75 Å². The third-order valence-electron chi connectivity index (χ3n) is 3.41. The quantitative estimate of drug-likeness (QED) is 0.840. The van der Waals surface area contributed by atoms with Crippen molar-refractivity contribution in [2.75, 3.05) is 19.0 Å². The van der Waals surface area contributed by atoms with Crippen LogP contribution in [0, 0.1) is 6.92 Å². The SMILES string of the molecule is CCNS(=O)(=O)c1ccc(NC(=O)c2ccc(OC)c(C)c2)cc1. The van der Waals surface area contributed by atoms with Crippen LogP contribution < -0.4 is 14.8 Å². The average molecular weight is 348 g/mol. The monoisotopic (exact) mass is 348 g/mol. The van der Waals surface area contributed by atoms with Gasteiger partial charge in [-0.1, -0.05) is 6.92 Å². The van der Waals surface area contributed by atoms with Gasteiger partial charge in [-0.3, -0.25) is 4.79 Å². The van der Waals surface area contributed by atoms with Gasteiger partial charge in [0.25, 0.3) is 5.91 Å². The Morgan fingerprint density at radius 1 is 1.12 bits per heavy atom. The first-order valence-corrected chi connectivity index (χ1v) is 8.91. The van der Waals surface area contributed by atoms with Crippen molar-refractivity contribution in [2.45, 2.75) is 18.7 Å². The molecule has 0 spiro atoms. The van der Waals surface area contributed by atoms with Crippen LogP contribution in [0.15, 0.2) is 47.4 Å². The first kappa shape index (κ1) is 18.0. The van der Waals surface area contributed by atoms with Gasteiger partial charge in [0.05, 0.1) is 12.0 Å². The van der Waals surface area contributed by atoms with E-state index in [1.54, 1.807) is 44.4 Å². The van der Waals surface area contributed by atoms with Crippen molar-refractivity contribution in [3.63, 3.8) is 0 Å². The molecule has 0 aliphatic heterocycles. The van der Waals surface area contributed by atoms with Crippen molar-refractivity contribution >= 4 is 21.6 Å². The van der Waals surface area contributed by atoms with Gasteiger partial charge in [-0.25, -0.2) is 13.1 Å². The van der Waals surface area contributed by atoms with Crippen LogP contribution in [0.4, 0.5) is 5.69 Å². The number of aryl methyl sites for hydroxylation is 1. The molecule has 128 valence electrons. The highest BCUT2D eigenvalue weighted by atomic mass is 32.2. The molecule has 0 heterocycles. The Bertz CT molecular complexity index is 830. The zero-order valence-corrected chi connectivity index (χ0v) is 14.6. The molecule has 1 amide bonds. The van der Waals surface area contributed by atoms with Crippen molar-refractivity contribution in [3.05, 3.63) is 53.6 Å². The topological polar surface area (TPSA) is 84.5 Å². The van der Waals surface area contributed by atoms with Gasteiger partial charge in [-0.15, -0.1) is 0 Å². The molecule has 2 N–H and O–H groups in total. The third-order valence-corrected chi connectivity index (χ3v) is 4.98. The number of nitrogens with one attached hydrogen (secondary N) is 2. The minimum absolute atomic E-state index is 0.155. The molecule has 6 nitrogen and oxygen atoms in total. The lowest BCUT2D eigenvalue weighted by Gasteiger charge is -2.09. The number of hydrogen-bond donors (Lipinski definition) is 2. The van der Waals surface area contributed by atoms with Crippen molar-refractivity contribution < 1.29 is 17.9 Å². The standard InChI is InChI=1S/C17H20N2O4S/c1-4-18-24(21,22)15-8-6-14(7-9-15)19-17(20)13-5-10-16(23-3)12(2)11-13/h5-11,18H,4H2,1-3H3,(H,19,20). The lowest BCUT2D eigenvalue weighted by Crippen LogP contribution is -2.23. The molecule has 0 unspecified atom stereocenters. The summed E-state index contributed by atoms with van der Waals surface area (Å²) in [4.78, 5) is 12.4. The maximum absolute atomic E-state index is 12.3. The zero-order chi connectivity index (χ0) is 17.7. The molecule has 0 bridgehead atoms. The Morgan fingerprint density at radius 2 is 1.79 bits per heavy atom. The van der Waals surface area contributed by atoms with Gasteiger partial charge >= 0.3 is 0 Å². The predicted octanol–water partition coefficient (Wildman–Crippen LogP) is 2.55. The molecule has 0 radical (unpaired) electrons. The molecule has 24 heavy (non-hydrogen) atoms. The molecule has 2 aromatic carbocycles. The molecule has 0 aliphatic carbocycles. The second-order valence-corrected chi connectivity index (χ2v) is 6.93. The van der Waals surface area contributed by atoms with E-state index >= 15 is 0 Å². The van der Waals surface area contributed by atoms with Crippen molar-refractivity contribution in [2.24, 2.45) is 0 Å². The van der Waals surface area contributed by atoms with Crippen molar-refractivity contribution in [1.29, 1.82) is 0 Å². The van der Waals surface area contributed by atoms with Gasteiger partial charge in [-0.2, -0.15) is 0 Å². The molecular formula is C17H20N2O4S. The van der Waals surface area contributed by atoms with Crippen molar-refractivity contribution in [3.8, 4) is 5.75 Å². The van der Waals surface area contributed by atoms with E-state index < -0.39 is 10.0 Å². The average Bonchev–Trinajstić information content (AvgIpc) is 2.55. The van der Waals surface area contributed by atoms with Crippen LogP contribution in [0.25, 0.3) is 0 Å². The summed E-state index contributed by atoms with van der Waals surface area (Å²) in [6, 6.07) is 11.1. The number of carbonyl (C=O) groups excluding carboxylic acids is 1. The highest BCUT2D eigenvalue weighted by Crippen LogP contribution is 2.20. The molecule has 0 atom stereocenters. The summed E-state index contributed by atoms with van der Waals surface area (Å²) < 4.78 is 31.3. The second kappa shape index (κ2) is 7.46. The van der Waals surface area contributed by atoms with Crippen LogP contribution in [0.3, 0.4) is 0 Å². The van der Waals surface area contributed by atoms with Crippen LogP contribution >= 0.6 is 0 Å². The summed E-state index contributed by atoms with van der Waals surface area (Å²) in [7, 11) is -1.92. The van der Waals surface area contributed by atoms with Gasteiger partial charge in [-0.05, 0) is 55.0 Å². The molecular weight excluding hydrogens is 328 g/mol. The van der Waals surface area contributed by atoms with Crippen LogP contribution in [0.5, 0.6) is 5.75 Å². The van der Waals surface area contributed by atoms with Crippen LogP contribution in [-0.2, 0) is 10.0 Å². The summed E-state index contributed by atoms with van der Waals surface area (Å²) >= 11 is 0. The third kappa shape index (κ3) is 4.12. The molecule has 2 aromatic rings. The van der Waals surface area contributed by atoms with Crippen LogP contribution in [-0.4, -0.2) is 28.0 Å². The molecule has 0 fully saturated rings. The van der Waals surface area contributed by atoms with Gasteiger partial charge < -0.3 is 10.1 Å². The molecule has 0 aromatic heterocycles. The number of sulfonamides is 1. The molecule has 0 aliphatic rings. The normalized spacial score (nSPS) is 11.1. The number of carbonyl (C=O) groups is 1. The highest BCUT2D eigenvalue weighted by molar-refractivity contribution is 7.89. The van der Waals surface area contributed by atoms with Crippen LogP contribution in [0.1, 0.15) is 22.8 Å². The fraction of sp³-hybridized carbons (Fsp3) is 0.235. The Kier molecular flexibility index (Phi) is 5.58. The van der Waals surface area contributed by atoms with E-state index in [1.165, 1.54) is 12.1 Å². The van der Waals surface area contributed by atoms with E-state index in [2.05, 4.69) is 10.0 Å². The summed E-state index contributed by atoms with van der Waals surface area (Å²) in [6.45, 7) is 3.89. The lowest BCUT2D eigenvalue weighted by atomic mass is 10.1. The Labute approximate surface area is 141 Å². The Balaban J connectivity index is 2.14. The number of methoxy groups -OCH3 is 1. The summed E-state index contributed by atoms with van der Waals surface area (Å²) in [5.41, 5.74) is 1.87. The number of anilines is 1. The van der Waals surface area contributed by atoms with E-state index in [0.29, 0.717) is 23.5 Å². The largest absolute Gasteiger partial charge is 0.496 e. The fourth-order valence-corrected chi connectivity index (χ4v) is 3.25. The second-order valence-electron chi connectivity index (χ2n) is 5.16. The molecule has 0 saturated carbocycles. The van der Waals surface area contributed by atoms with Gasteiger partial charge in [0, 0.05) is 17.8 Å². The summed E-state index contributed by atoms with van der Waals surface area (Å²) in [6.07, 6.45) is 0. The first-order chi connectivity index (χ1) is 11.4. The van der Waals surface area contributed by atoms with Crippen LogP contribution in [0.2, 0.25) is 0 Å². The fourth-order valence-electron chi connectivity index (χ4n) is 2.21. The zero-order valence-electron chi connectivity index (χ0n) is 13.8. The number of amides is 1. The number of benzene rings is 2. The maximum Gasteiger partial charge on any atom is 0.255 e. The van der Waals surface area contributed by atoms with E-state index in [-0.39, 0.29) is 10.8 Å². The Hall–Kier alpha value is -2.38. The smallest absolute Gasteiger partial charge is 0.255 e. The number of rotatable bonds is 6. The predicted molar refractivity (Wildman–Crippen MR) is 93.0 cm³/mol. The summed E-state index contributed by atoms with van der Waals surface area (Å²) in [5, 5.41) is 2.74. The highest BCUT2D eigenvalue weighted by Gasteiger charge is 2.13. The first-order valence-electron chi connectivity index (χ1n) is 7.43. The summed E-state index contributed by atoms with van der Waals surface area (Å²) in [5.74, 6) is 0.438. The number of hydrogen-bond acceptors (Lipinski definition) is 4. The van der Waals surface area contributed by atoms with Gasteiger partial charge in [0.15, 0.2) is 0 Å². The van der Waals surface area contributed by atoms with Crippen molar-refractivity contribution in [1.82, 2.24) is 4.72 Å². The minimum Gasteiger partial charge on any atom is -0.496 e. The lowest BCUT2D eigenvalue weighted by molar-refractivity contribution is 0.102. The number of ether oxygens (including phenoxy) is 1. The van der Waals surface area contributed by atoms with E-state index in [4.69, 9.17) is 4.74 Å². The van der Waals surface area contributed by atoms with E-state index in [9.17, 15) is 13.2 Å². The molecule has 0 saturated heterocycles.